The molecule has 2 aromatic carbocycles. The molecule has 3 heteroatoms. The molecule has 1 aliphatic heterocycles. The van der Waals surface area contributed by atoms with Gasteiger partial charge in [0.25, 0.3) is 0 Å². The second-order valence-corrected chi connectivity index (χ2v) is 12.1. The highest BCUT2D eigenvalue weighted by Crippen LogP contribution is 2.66. The van der Waals surface area contributed by atoms with Gasteiger partial charge < -0.3 is 4.90 Å². The van der Waals surface area contributed by atoms with Crippen molar-refractivity contribution < 1.29 is 4.58 Å². The highest BCUT2D eigenvalue weighted by Gasteiger charge is 2.35. The highest BCUT2D eigenvalue weighted by atomic mass is 32.3. The van der Waals surface area contributed by atoms with Gasteiger partial charge >= 0.3 is 0 Å². The minimum absolute atomic E-state index is 0.910. The maximum Gasteiger partial charge on any atom is 0.200 e. The molecule has 0 N–H and O–H groups in total. The second kappa shape index (κ2) is 7.38. The standard InChI is InChI=1S/C27H29N2S/c1-8-19-9-11-20(12-10-19)27-23-15-13-21(28(2)3)17-25(23)30(6,7)26-18-22(29(4)5)14-16-24(26)27/h1,9-18H,2-7H3/q+1. The minimum atomic E-state index is -1.17. The molecule has 0 radical (unpaired) electrons. The van der Waals surface area contributed by atoms with E-state index in [-0.39, 0.29) is 0 Å². The summed E-state index contributed by atoms with van der Waals surface area (Å²) in [5, 5.41) is 0. The molecule has 1 heterocycles. The van der Waals surface area contributed by atoms with Crippen LogP contribution in [0.25, 0.3) is 5.57 Å². The van der Waals surface area contributed by atoms with Crippen LogP contribution in [0.3, 0.4) is 0 Å². The smallest absolute Gasteiger partial charge is 0.200 e. The second-order valence-electron chi connectivity index (χ2n) is 8.57. The van der Waals surface area contributed by atoms with Crippen LogP contribution in [0.5, 0.6) is 0 Å². The van der Waals surface area contributed by atoms with Crippen molar-refractivity contribution in [2.24, 2.45) is 0 Å². The molecule has 0 amide bonds. The van der Waals surface area contributed by atoms with E-state index >= 15 is 0 Å². The number of allylic oxidation sites excluding steroid dienone is 4. The van der Waals surface area contributed by atoms with E-state index in [1.807, 2.05) is 12.1 Å². The van der Waals surface area contributed by atoms with Gasteiger partial charge in [-0.1, -0.05) is 24.1 Å². The molecule has 152 valence electrons. The molecule has 2 nitrogen and oxygen atoms in total. The summed E-state index contributed by atoms with van der Waals surface area (Å²) < 4.78 is 2.18. The molecule has 2 aromatic rings. The zero-order chi connectivity index (χ0) is 21.6. The number of benzene rings is 2. The van der Waals surface area contributed by atoms with Crippen molar-refractivity contribution in [1.29, 1.82) is 0 Å². The third-order valence-electron chi connectivity index (χ3n) is 5.94. The van der Waals surface area contributed by atoms with Crippen molar-refractivity contribution in [3.05, 3.63) is 87.9 Å². The van der Waals surface area contributed by atoms with E-state index in [4.69, 9.17) is 6.42 Å². The van der Waals surface area contributed by atoms with E-state index in [1.54, 1.807) is 0 Å². The third kappa shape index (κ3) is 3.22. The molecule has 4 rings (SSSR count). The average Bonchev–Trinajstić information content (AvgIpc) is 2.74. The number of nitrogens with zero attached hydrogens (tertiary/aromatic N) is 2. The largest absolute Gasteiger partial charge is 0.378 e. The Morgan fingerprint density at radius 1 is 0.967 bits per heavy atom. The van der Waals surface area contributed by atoms with Crippen LogP contribution in [0.15, 0.2) is 76.1 Å². The maximum atomic E-state index is 5.59. The lowest BCUT2D eigenvalue weighted by atomic mass is 9.89. The van der Waals surface area contributed by atoms with Crippen LogP contribution in [-0.2, 0) is 0 Å². The van der Waals surface area contributed by atoms with Gasteiger partial charge in [-0.15, -0.1) is 6.42 Å². The Bertz CT molecular complexity index is 1190. The monoisotopic (exact) mass is 413 g/mol. The van der Waals surface area contributed by atoms with Crippen molar-refractivity contribution in [1.82, 2.24) is 0 Å². The molecule has 0 spiro atoms. The van der Waals surface area contributed by atoms with Gasteiger partial charge in [-0.3, -0.25) is 0 Å². The summed E-state index contributed by atoms with van der Waals surface area (Å²) in [4.78, 5) is 5.06. The highest BCUT2D eigenvalue weighted by molar-refractivity contribution is 8.36. The Balaban J connectivity index is 2.06. The fraction of sp³-hybridized carbons (Fsp3) is 0.222. The molecule has 0 atom stereocenters. The Morgan fingerprint density at radius 3 is 2.27 bits per heavy atom. The maximum absolute atomic E-state index is 5.59. The third-order valence-corrected chi connectivity index (χ3v) is 8.82. The van der Waals surface area contributed by atoms with Gasteiger partial charge in [-0.05, 0) is 65.1 Å². The number of rotatable bonds is 2. The molecular weight excluding hydrogens is 384 g/mol. The van der Waals surface area contributed by atoms with Gasteiger partial charge in [-0.2, -0.15) is 10.0 Å². The Labute approximate surface area is 182 Å². The van der Waals surface area contributed by atoms with Gasteiger partial charge in [0.15, 0.2) is 0 Å². The Morgan fingerprint density at radius 2 is 1.67 bits per heavy atom. The van der Waals surface area contributed by atoms with Crippen LogP contribution in [0, 0.1) is 12.3 Å². The molecule has 0 aromatic heterocycles. The van der Waals surface area contributed by atoms with Gasteiger partial charge in [0.05, 0.1) is 0 Å². The lowest BCUT2D eigenvalue weighted by Gasteiger charge is -2.43. The van der Waals surface area contributed by atoms with Crippen LogP contribution in [-0.4, -0.2) is 51.0 Å². The van der Waals surface area contributed by atoms with Crippen molar-refractivity contribution in [3.63, 3.8) is 0 Å². The first-order valence-corrected chi connectivity index (χ1v) is 12.5. The lowest BCUT2D eigenvalue weighted by molar-refractivity contribution is -0.462. The van der Waals surface area contributed by atoms with E-state index in [2.05, 4.69) is 105 Å². The van der Waals surface area contributed by atoms with Crippen LogP contribution in [0.2, 0.25) is 0 Å². The topological polar surface area (TPSA) is 6.25 Å². The number of hydrogen-bond acceptors (Lipinski definition) is 1. The lowest BCUT2D eigenvalue weighted by Crippen LogP contribution is -2.19. The zero-order valence-electron chi connectivity index (χ0n) is 18.7. The fourth-order valence-corrected chi connectivity index (χ4v) is 6.65. The van der Waals surface area contributed by atoms with Crippen LogP contribution >= 0.6 is 10.0 Å². The summed E-state index contributed by atoms with van der Waals surface area (Å²) in [6, 6.07) is 15.3. The predicted octanol–water partition coefficient (Wildman–Crippen LogP) is 5.14. The number of anilines is 1. The molecule has 1 aliphatic carbocycles. The summed E-state index contributed by atoms with van der Waals surface area (Å²) in [6.45, 7) is 0. The Hall–Kier alpha value is -2.96. The van der Waals surface area contributed by atoms with Crippen molar-refractivity contribution in [2.45, 2.75) is 4.90 Å². The molecule has 0 fully saturated rings. The minimum Gasteiger partial charge on any atom is -0.378 e. The zero-order valence-corrected chi connectivity index (χ0v) is 19.5. The molecule has 0 saturated heterocycles. The van der Waals surface area contributed by atoms with Crippen LogP contribution < -0.4 is 4.90 Å². The molecule has 2 aliphatic rings. The fourth-order valence-electron chi connectivity index (χ4n) is 4.14. The van der Waals surface area contributed by atoms with E-state index in [1.165, 1.54) is 43.5 Å². The number of terminal acetylenes is 1. The first kappa shape index (κ1) is 20.3. The molecule has 0 unspecified atom stereocenters. The predicted molar refractivity (Wildman–Crippen MR) is 133 cm³/mol. The van der Waals surface area contributed by atoms with E-state index in [9.17, 15) is 0 Å². The summed E-state index contributed by atoms with van der Waals surface area (Å²) in [7, 11) is 7.25. The molecular formula is C27H29N2S+. The summed E-state index contributed by atoms with van der Waals surface area (Å²) >= 11 is 0. The Kier molecular flexibility index (Phi) is 5.00. The first-order chi connectivity index (χ1) is 14.2. The SMILES string of the molecule is C#Cc1ccc(C2=C3C=CC(=[N+](C)C)C=C3S(C)(C)c3cc(N(C)C)ccc32)cc1. The van der Waals surface area contributed by atoms with Gasteiger partial charge in [-0.25, -0.2) is 4.58 Å². The number of hydrogen-bond donors (Lipinski definition) is 0. The van der Waals surface area contributed by atoms with Crippen molar-refractivity contribution in [2.75, 3.05) is 45.6 Å². The van der Waals surface area contributed by atoms with Crippen molar-refractivity contribution >= 4 is 27.0 Å². The summed E-state index contributed by atoms with van der Waals surface area (Å²) in [5.41, 5.74) is 8.56. The average molecular weight is 414 g/mol. The van der Waals surface area contributed by atoms with E-state index in [0.717, 1.165) is 5.56 Å². The normalized spacial score (nSPS) is 17.5. The van der Waals surface area contributed by atoms with E-state index < -0.39 is 10.0 Å². The molecule has 30 heavy (non-hydrogen) atoms. The van der Waals surface area contributed by atoms with Crippen LogP contribution in [0.4, 0.5) is 5.69 Å². The van der Waals surface area contributed by atoms with E-state index in [0.29, 0.717) is 0 Å². The van der Waals surface area contributed by atoms with Crippen molar-refractivity contribution in [3.8, 4) is 12.3 Å². The van der Waals surface area contributed by atoms with Gasteiger partial charge in [0.2, 0.25) is 5.71 Å². The quantitative estimate of drug-likeness (QED) is 0.488. The number of fused-ring (bicyclic) bond motifs is 2. The molecule has 0 bridgehead atoms. The summed E-state index contributed by atoms with van der Waals surface area (Å²) in [6.07, 6.45) is 17.3. The first-order valence-electron chi connectivity index (χ1n) is 10.0. The van der Waals surface area contributed by atoms with Gasteiger partial charge in [0, 0.05) is 47.3 Å². The summed E-state index contributed by atoms with van der Waals surface area (Å²) in [5.74, 6) is 2.73. The molecule has 0 saturated carbocycles. The van der Waals surface area contributed by atoms with Crippen LogP contribution in [0.1, 0.15) is 16.7 Å². The van der Waals surface area contributed by atoms with Gasteiger partial charge in [0.1, 0.15) is 14.1 Å².